The molecule has 1 N–H and O–H groups in total. The molecule has 20 heavy (non-hydrogen) atoms. The fraction of sp³-hybridized carbons (Fsp3) is 0.250. The van der Waals surface area contributed by atoms with Crippen molar-refractivity contribution in [3.63, 3.8) is 0 Å². The van der Waals surface area contributed by atoms with Gasteiger partial charge in [-0.25, -0.2) is 0 Å². The van der Waals surface area contributed by atoms with Gasteiger partial charge in [-0.15, -0.1) is 0 Å². The minimum Gasteiger partial charge on any atom is -0.481 e. The Labute approximate surface area is 117 Å². The summed E-state index contributed by atoms with van der Waals surface area (Å²) in [5.41, 5.74) is 1.04. The summed E-state index contributed by atoms with van der Waals surface area (Å²) in [4.78, 5) is 23.8. The first kappa shape index (κ1) is 14.1. The molecule has 0 atom stereocenters. The predicted molar refractivity (Wildman–Crippen MR) is 77.3 cm³/mol. The van der Waals surface area contributed by atoms with Gasteiger partial charge < -0.3 is 10.0 Å². The van der Waals surface area contributed by atoms with Gasteiger partial charge in [0.1, 0.15) is 0 Å². The molecule has 0 fully saturated rings. The van der Waals surface area contributed by atoms with Gasteiger partial charge in [-0.05, 0) is 22.4 Å². The Morgan fingerprint density at radius 3 is 2.45 bits per heavy atom. The highest BCUT2D eigenvalue weighted by Crippen LogP contribution is 2.16. The summed E-state index contributed by atoms with van der Waals surface area (Å²) in [7, 11) is 1.69. The molecule has 2 aromatic carbocycles. The first-order valence-electron chi connectivity index (χ1n) is 6.49. The van der Waals surface area contributed by atoms with Crippen LogP contribution in [0.4, 0.5) is 0 Å². The molecule has 0 aromatic heterocycles. The first-order chi connectivity index (χ1) is 9.56. The molecule has 0 spiro atoms. The molecule has 0 aliphatic carbocycles. The summed E-state index contributed by atoms with van der Waals surface area (Å²) in [6.45, 7) is 0.489. The van der Waals surface area contributed by atoms with Crippen molar-refractivity contribution in [2.45, 2.75) is 19.4 Å². The van der Waals surface area contributed by atoms with Crippen LogP contribution in [0.5, 0.6) is 0 Å². The molecule has 0 unspecified atom stereocenters. The quantitative estimate of drug-likeness (QED) is 0.909. The van der Waals surface area contributed by atoms with Gasteiger partial charge in [0, 0.05) is 20.0 Å². The number of carboxylic acid groups (broad SMARTS) is 1. The molecule has 2 rings (SSSR count). The Kier molecular flexibility index (Phi) is 4.35. The van der Waals surface area contributed by atoms with E-state index in [0.29, 0.717) is 6.54 Å². The zero-order valence-corrected chi connectivity index (χ0v) is 11.4. The second-order valence-corrected chi connectivity index (χ2v) is 4.83. The second kappa shape index (κ2) is 6.19. The minimum absolute atomic E-state index is 0.0411. The van der Waals surface area contributed by atoms with Crippen LogP contribution < -0.4 is 0 Å². The molecule has 104 valence electrons. The van der Waals surface area contributed by atoms with E-state index in [0.717, 1.165) is 16.3 Å². The number of nitrogens with zero attached hydrogens (tertiary/aromatic N) is 1. The van der Waals surface area contributed by atoms with Gasteiger partial charge in [0.25, 0.3) is 0 Å². The lowest BCUT2D eigenvalue weighted by Crippen LogP contribution is -2.26. The maximum Gasteiger partial charge on any atom is 0.303 e. The normalized spacial score (nSPS) is 10.4. The van der Waals surface area contributed by atoms with E-state index in [1.165, 1.54) is 0 Å². The molecular formula is C16H17NO3. The van der Waals surface area contributed by atoms with Crippen LogP contribution in [-0.2, 0) is 16.1 Å². The van der Waals surface area contributed by atoms with Crippen LogP contribution in [0.25, 0.3) is 10.8 Å². The predicted octanol–water partition coefficient (Wildman–Crippen LogP) is 2.66. The maximum atomic E-state index is 11.8. The highest BCUT2D eigenvalue weighted by atomic mass is 16.4. The largest absolute Gasteiger partial charge is 0.481 e. The van der Waals surface area contributed by atoms with Crippen LogP contribution in [-0.4, -0.2) is 28.9 Å². The third-order valence-corrected chi connectivity index (χ3v) is 3.21. The average Bonchev–Trinajstić information content (AvgIpc) is 2.44. The molecule has 0 heterocycles. The Hall–Kier alpha value is -2.36. The molecule has 0 bridgehead atoms. The molecule has 4 heteroatoms. The average molecular weight is 271 g/mol. The van der Waals surface area contributed by atoms with E-state index in [9.17, 15) is 9.59 Å². The Morgan fingerprint density at radius 1 is 1.05 bits per heavy atom. The Morgan fingerprint density at radius 2 is 1.75 bits per heavy atom. The number of hydrogen-bond donors (Lipinski definition) is 1. The smallest absolute Gasteiger partial charge is 0.303 e. The van der Waals surface area contributed by atoms with Crippen molar-refractivity contribution in [2.24, 2.45) is 0 Å². The van der Waals surface area contributed by atoms with E-state index in [2.05, 4.69) is 6.07 Å². The van der Waals surface area contributed by atoms with Gasteiger partial charge in [0.2, 0.25) is 5.91 Å². The molecule has 0 saturated carbocycles. The Balaban J connectivity index is 2.03. The van der Waals surface area contributed by atoms with E-state index in [1.54, 1.807) is 11.9 Å². The van der Waals surface area contributed by atoms with Crippen LogP contribution in [0, 0.1) is 0 Å². The van der Waals surface area contributed by atoms with Crippen LogP contribution in [0.15, 0.2) is 42.5 Å². The lowest BCUT2D eigenvalue weighted by molar-refractivity contribution is -0.140. The molecule has 0 aliphatic rings. The summed E-state index contributed by atoms with van der Waals surface area (Å²) in [5.74, 6) is -1.10. The number of benzene rings is 2. The summed E-state index contributed by atoms with van der Waals surface area (Å²) >= 11 is 0. The molecule has 1 amide bonds. The van der Waals surface area contributed by atoms with Crippen molar-refractivity contribution in [3.05, 3.63) is 48.0 Å². The van der Waals surface area contributed by atoms with Crippen LogP contribution >= 0.6 is 0 Å². The highest BCUT2D eigenvalue weighted by Gasteiger charge is 2.11. The van der Waals surface area contributed by atoms with E-state index >= 15 is 0 Å². The summed E-state index contributed by atoms with van der Waals surface area (Å²) in [6, 6.07) is 14.1. The molecule has 0 saturated heterocycles. The van der Waals surface area contributed by atoms with Gasteiger partial charge in [0.15, 0.2) is 0 Å². The standard InChI is InChI=1S/C16H17NO3/c1-17(15(18)8-9-16(19)20)11-12-6-7-13-4-2-3-5-14(13)10-12/h2-7,10H,8-9,11H2,1H3,(H,19,20). The van der Waals surface area contributed by atoms with Crippen molar-refractivity contribution < 1.29 is 14.7 Å². The summed E-state index contributed by atoms with van der Waals surface area (Å²) in [5, 5.41) is 10.9. The number of aliphatic carboxylic acids is 1. The SMILES string of the molecule is CN(Cc1ccc2ccccc2c1)C(=O)CCC(=O)O. The van der Waals surface area contributed by atoms with Crippen LogP contribution in [0.1, 0.15) is 18.4 Å². The number of carbonyl (C=O) groups is 2. The fourth-order valence-corrected chi connectivity index (χ4v) is 2.10. The lowest BCUT2D eigenvalue weighted by atomic mass is 10.1. The van der Waals surface area contributed by atoms with Gasteiger partial charge >= 0.3 is 5.97 Å². The van der Waals surface area contributed by atoms with Crippen molar-refractivity contribution in [1.82, 2.24) is 4.90 Å². The van der Waals surface area contributed by atoms with Gasteiger partial charge in [-0.3, -0.25) is 9.59 Å². The molecule has 0 radical (unpaired) electrons. The van der Waals surface area contributed by atoms with Crippen LogP contribution in [0.2, 0.25) is 0 Å². The number of hydrogen-bond acceptors (Lipinski definition) is 2. The molecule has 4 nitrogen and oxygen atoms in total. The molecular weight excluding hydrogens is 254 g/mol. The number of rotatable bonds is 5. The van der Waals surface area contributed by atoms with E-state index in [-0.39, 0.29) is 18.7 Å². The zero-order chi connectivity index (χ0) is 14.5. The molecule has 0 aliphatic heterocycles. The van der Waals surface area contributed by atoms with Gasteiger partial charge in [-0.2, -0.15) is 0 Å². The Bertz CT molecular complexity index is 636. The maximum absolute atomic E-state index is 11.8. The first-order valence-corrected chi connectivity index (χ1v) is 6.49. The fourth-order valence-electron chi connectivity index (χ4n) is 2.10. The van der Waals surface area contributed by atoms with Gasteiger partial charge in [-0.1, -0.05) is 36.4 Å². The third kappa shape index (κ3) is 3.57. The topological polar surface area (TPSA) is 57.6 Å². The summed E-state index contributed by atoms with van der Waals surface area (Å²) < 4.78 is 0. The van der Waals surface area contributed by atoms with Crippen molar-refractivity contribution in [2.75, 3.05) is 7.05 Å². The van der Waals surface area contributed by atoms with Gasteiger partial charge in [0.05, 0.1) is 6.42 Å². The number of fused-ring (bicyclic) bond motifs is 1. The van der Waals surface area contributed by atoms with Crippen molar-refractivity contribution >= 4 is 22.6 Å². The number of carbonyl (C=O) groups excluding carboxylic acids is 1. The number of amides is 1. The lowest BCUT2D eigenvalue weighted by Gasteiger charge is -2.17. The zero-order valence-electron chi connectivity index (χ0n) is 11.4. The number of carboxylic acids is 1. The molecule has 2 aromatic rings. The third-order valence-electron chi connectivity index (χ3n) is 3.21. The highest BCUT2D eigenvalue weighted by molar-refractivity contribution is 5.83. The van der Waals surface area contributed by atoms with Crippen molar-refractivity contribution in [3.8, 4) is 0 Å². The second-order valence-electron chi connectivity index (χ2n) is 4.83. The van der Waals surface area contributed by atoms with Crippen molar-refractivity contribution in [1.29, 1.82) is 0 Å². The minimum atomic E-state index is -0.947. The van der Waals surface area contributed by atoms with E-state index in [4.69, 9.17) is 5.11 Å². The van der Waals surface area contributed by atoms with E-state index < -0.39 is 5.97 Å². The van der Waals surface area contributed by atoms with Crippen LogP contribution in [0.3, 0.4) is 0 Å². The summed E-state index contributed by atoms with van der Waals surface area (Å²) in [6.07, 6.45) is -0.0830. The van der Waals surface area contributed by atoms with E-state index in [1.807, 2.05) is 36.4 Å². The monoisotopic (exact) mass is 271 g/mol.